The number of rotatable bonds is 4. The van der Waals surface area contributed by atoms with Crippen LogP contribution in [0.4, 0.5) is 9.18 Å². The molecule has 1 aliphatic rings. The van der Waals surface area contributed by atoms with Gasteiger partial charge in [0.25, 0.3) is 0 Å². The first-order chi connectivity index (χ1) is 12.0. The van der Waals surface area contributed by atoms with E-state index in [0.717, 1.165) is 5.56 Å². The van der Waals surface area contributed by atoms with Gasteiger partial charge in [0.1, 0.15) is 18.2 Å². The van der Waals surface area contributed by atoms with E-state index in [0.29, 0.717) is 23.2 Å². The highest BCUT2D eigenvalue weighted by atomic mass is 19.1. The SMILES string of the molecule is CC1CN(C(=O)O)Cc2c(OCc3ccccc3)cc(C=O)c(F)c21. The van der Waals surface area contributed by atoms with Crippen molar-refractivity contribution in [1.82, 2.24) is 4.90 Å². The molecule has 130 valence electrons. The van der Waals surface area contributed by atoms with Gasteiger partial charge in [-0.3, -0.25) is 4.79 Å². The molecule has 2 aromatic carbocycles. The third-order valence-electron chi connectivity index (χ3n) is 4.37. The van der Waals surface area contributed by atoms with Crippen LogP contribution in [0.2, 0.25) is 0 Å². The van der Waals surface area contributed by atoms with Crippen molar-refractivity contribution in [2.75, 3.05) is 6.54 Å². The van der Waals surface area contributed by atoms with E-state index in [9.17, 15) is 19.1 Å². The summed E-state index contributed by atoms with van der Waals surface area (Å²) in [6.07, 6.45) is -0.604. The molecule has 1 heterocycles. The Hall–Kier alpha value is -2.89. The van der Waals surface area contributed by atoms with Gasteiger partial charge in [0.15, 0.2) is 6.29 Å². The van der Waals surface area contributed by atoms with Gasteiger partial charge in [-0.1, -0.05) is 37.3 Å². The Balaban J connectivity index is 2.00. The number of halogens is 1. The van der Waals surface area contributed by atoms with Crippen LogP contribution in [-0.2, 0) is 13.2 Å². The molecule has 0 saturated heterocycles. The minimum absolute atomic E-state index is 0.0369. The van der Waals surface area contributed by atoms with Crippen molar-refractivity contribution >= 4 is 12.4 Å². The summed E-state index contributed by atoms with van der Waals surface area (Å²) in [6, 6.07) is 10.8. The lowest BCUT2D eigenvalue weighted by Crippen LogP contribution is -2.37. The maximum atomic E-state index is 14.6. The van der Waals surface area contributed by atoms with Crippen molar-refractivity contribution in [3.05, 3.63) is 64.5 Å². The summed E-state index contributed by atoms with van der Waals surface area (Å²) in [7, 11) is 0. The molecule has 3 rings (SSSR count). The van der Waals surface area contributed by atoms with Crippen LogP contribution < -0.4 is 4.74 Å². The van der Waals surface area contributed by atoms with Crippen LogP contribution in [0.3, 0.4) is 0 Å². The normalized spacial score (nSPS) is 16.2. The minimum atomic E-state index is -1.06. The number of carbonyl (C=O) groups excluding carboxylic acids is 1. The quantitative estimate of drug-likeness (QED) is 0.857. The van der Waals surface area contributed by atoms with Gasteiger partial charge >= 0.3 is 6.09 Å². The van der Waals surface area contributed by atoms with E-state index in [-0.39, 0.29) is 31.2 Å². The molecule has 0 spiro atoms. The summed E-state index contributed by atoms with van der Waals surface area (Å²) in [5.74, 6) is -0.603. The number of carbonyl (C=O) groups is 2. The largest absolute Gasteiger partial charge is 0.489 e. The molecule has 1 unspecified atom stereocenters. The lowest BCUT2D eigenvalue weighted by atomic mass is 9.88. The maximum Gasteiger partial charge on any atom is 0.407 e. The Morgan fingerprint density at radius 1 is 1.40 bits per heavy atom. The molecular formula is C19H18FNO4. The third-order valence-corrected chi connectivity index (χ3v) is 4.37. The first kappa shape index (κ1) is 17.0. The predicted molar refractivity (Wildman–Crippen MR) is 89.4 cm³/mol. The van der Waals surface area contributed by atoms with E-state index in [2.05, 4.69) is 0 Å². The molecule has 1 N–H and O–H groups in total. The van der Waals surface area contributed by atoms with Gasteiger partial charge in [0.2, 0.25) is 0 Å². The van der Waals surface area contributed by atoms with Gasteiger partial charge in [0.05, 0.1) is 12.1 Å². The number of hydrogen-bond acceptors (Lipinski definition) is 3. The molecule has 0 aliphatic carbocycles. The number of hydrogen-bond donors (Lipinski definition) is 1. The summed E-state index contributed by atoms with van der Waals surface area (Å²) in [5.41, 5.74) is 1.70. The lowest BCUT2D eigenvalue weighted by molar-refractivity contribution is 0.111. The molecule has 1 aliphatic heterocycles. The van der Waals surface area contributed by atoms with Crippen LogP contribution in [0.5, 0.6) is 5.75 Å². The molecule has 0 saturated carbocycles. The highest BCUT2D eigenvalue weighted by molar-refractivity contribution is 5.78. The van der Waals surface area contributed by atoms with Crippen LogP contribution in [0.25, 0.3) is 0 Å². The van der Waals surface area contributed by atoms with E-state index in [1.807, 2.05) is 30.3 Å². The second-order valence-electron chi connectivity index (χ2n) is 6.13. The van der Waals surface area contributed by atoms with Crippen molar-refractivity contribution in [3.63, 3.8) is 0 Å². The number of amides is 1. The summed E-state index contributed by atoms with van der Waals surface area (Å²) in [5, 5.41) is 9.29. The first-order valence-electron chi connectivity index (χ1n) is 7.96. The van der Waals surface area contributed by atoms with Crippen LogP contribution in [0, 0.1) is 5.82 Å². The van der Waals surface area contributed by atoms with E-state index in [1.165, 1.54) is 11.0 Å². The zero-order valence-corrected chi connectivity index (χ0v) is 13.7. The molecule has 2 aromatic rings. The number of fused-ring (bicyclic) bond motifs is 1. The fraction of sp³-hybridized carbons (Fsp3) is 0.263. The molecule has 5 nitrogen and oxygen atoms in total. The molecule has 0 radical (unpaired) electrons. The van der Waals surface area contributed by atoms with Crippen molar-refractivity contribution in [1.29, 1.82) is 0 Å². The second kappa shape index (κ2) is 6.93. The summed E-state index contributed by atoms with van der Waals surface area (Å²) < 4.78 is 20.4. The molecular weight excluding hydrogens is 325 g/mol. The van der Waals surface area contributed by atoms with Crippen molar-refractivity contribution in [2.45, 2.75) is 26.0 Å². The summed E-state index contributed by atoms with van der Waals surface area (Å²) in [4.78, 5) is 23.8. The third kappa shape index (κ3) is 3.33. The van der Waals surface area contributed by atoms with Crippen molar-refractivity contribution in [2.24, 2.45) is 0 Å². The van der Waals surface area contributed by atoms with E-state index in [1.54, 1.807) is 6.92 Å². The Morgan fingerprint density at radius 3 is 2.76 bits per heavy atom. The molecule has 1 amide bonds. The molecule has 0 bridgehead atoms. The number of carboxylic acid groups (broad SMARTS) is 1. The van der Waals surface area contributed by atoms with E-state index >= 15 is 0 Å². The van der Waals surface area contributed by atoms with E-state index < -0.39 is 11.9 Å². The number of nitrogens with zero attached hydrogens (tertiary/aromatic N) is 1. The molecule has 1 atom stereocenters. The van der Waals surface area contributed by atoms with Gasteiger partial charge in [0, 0.05) is 23.6 Å². The summed E-state index contributed by atoms with van der Waals surface area (Å²) >= 11 is 0. The topological polar surface area (TPSA) is 66.8 Å². The van der Waals surface area contributed by atoms with Gasteiger partial charge in [-0.05, 0) is 11.6 Å². The Bertz CT molecular complexity index is 807. The van der Waals surface area contributed by atoms with Crippen LogP contribution in [0.15, 0.2) is 36.4 Å². The number of benzene rings is 2. The Morgan fingerprint density at radius 2 is 2.12 bits per heavy atom. The smallest absolute Gasteiger partial charge is 0.407 e. The molecule has 6 heteroatoms. The van der Waals surface area contributed by atoms with Crippen LogP contribution in [-0.4, -0.2) is 28.9 Å². The zero-order valence-electron chi connectivity index (χ0n) is 13.7. The number of aldehydes is 1. The van der Waals surface area contributed by atoms with Gasteiger partial charge in [-0.15, -0.1) is 0 Å². The average Bonchev–Trinajstić information content (AvgIpc) is 2.61. The highest BCUT2D eigenvalue weighted by Crippen LogP contribution is 2.38. The van der Waals surface area contributed by atoms with Gasteiger partial charge in [-0.25, -0.2) is 9.18 Å². The van der Waals surface area contributed by atoms with Crippen LogP contribution >= 0.6 is 0 Å². The number of ether oxygens (including phenoxy) is 1. The minimum Gasteiger partial charge on any atom is -0.489 e. The fourth-order valence-electron chi connectivity index (χ4n) is 3.16. The molecule has 0 aromatic heterocycles. The summed E-state index contributed by atoms with van der Waals surface area (Å²) in [6.45, 7) is 2.21. The van der Waals surface area contributed by atoms with Crippen molar-refractivity contribution in [3.8, 4) is 5.75 Å². The lowest BCUT2D eigenvalue weighted by Gasteiger charge is -2.33. The molecule has 25 heavy (non-hydrogen) atoms. The first-order valence-corrected chi connectivity index (χ1v) is 7.96. The standard InChI is InChI=1S/C19H18FNO4/c1-12-8-21(19(23)24)9-15-16(7-14(10-22)18(20)17(12)15)25-11-13-5-3-2-4-6-13/h2-7,10,12H,8-9,11H2,1H3,(H,23,24). The monoisotopic (exact) mass is 343 g/mol. The zero-order chi connectivity index (χ0) is 18.0. The predicted octanol–water partition coefficient (Wildman–Crippen LogP) is 3.81. The average molecular weight is 343 g/mol. The molecule has 0 fully saturated rings. The van der Waals surface area contributed by atoms with Crippen molar-refractivity contribution < 1.29 is 23.8 Å². The van der Waals surface area contributed by atoms with E-state index in [4.69, 9.17) is 4.74 Å². The second-order valence-corrected chi connectivity index (χ2v) is 6.13. The Labute approximate surface area is 144 Å². The highest BCUT2D eigenvalue weighted by Gasteiger charge is 2.32. The fourth-order valence-corrected chi connectivity index (χ4v) is 3.16. The maximum absolute atomic E-state index is 14.6. The van der Waals surface area contributed by atoms with Gasteiger partial charge < -0.3 is 14.7 Å². The Kier molecular flexibility index (Phi) is 4.70. The van der Waals surface area contributed by atoms with Gasteiger partial charge in [-0.2, -0.15) is 0 Å². The van der Waals surface area contributed by atoms with Crippen LogP contribution in [0.1, 0.15) is 39.9 Å².